The number of ketones is 1. The lowest BCUT2D eigenvalue weighted by Gasteiger charge is -2.39. The Morgan fingerprint density at radius 3 is 2.31 bits per heavy atom. The molecule has 0 spiro atoms. The fourth-order valence-corrected chi connectivity index (χ4v) is 5.50. The van der Waals surface area contributed by atoms with Crippen molar-refractivity contribution in [2.24, 2.45) is 5.92 Å². The highest BCUT2D eigenvalue weighted by Crippen LogP contribution is 2.22. The molecule has 3 rings (SSSR count). The third-order valence-electron chi connectivity index (χ3n) is 8.39. The summed E-state index contributed by atoms with van der Waals surface area (Å²) in [6.45, 7) is 6.30. The van der Waals surface area contributed by atoms with E-state index in [1.54, 1.807) is 4.90 Å². The second kappa shape index (κ2) is 16.9. The van der Waals surface area contributed by atoms with Crippen LogP contribution in [-0.4, -0.2) is 71.6 Å². The SMILES string of the molecule is CCC(=O)CCCCC[C@@H]1NC(=O)[C@H]2CCCCN2C(=O)[C@H]([C@@H](C)CC)NC(=O)[C@H](CCOc2ccccc2)NC1=O. The van der Waals surface area contributed by atoms with Crippen LogP contribution in [0, 0.1) is 5.92 Å². The van der Waals surface area contributed by atoms with Gasteiger partial charge in [0.15, 0.2) is 0 Å². The number of nitrogens with zero attached hydrogens (tertiary/aromatic N) is 1. The van der Waals surface area contributed by atoms with Crippen molar-refractivity contribution in [2.75, 3.05) is 13.2 Å². The largest absolute Gasteiger partial charge is 0.494 e. The molecule has 2 aliphatic heterocycles. The quantitative estimate of drug-likeness (QED) is 0.305. The Labute approximate surface area is 249 Å². The lowest BCUT2D eigenvalue weighted by Crippen LogP contribution is -2.64. The maximum Gasteiger partial charge on any atom is 0.246 e. The van der Waals surface area contributed by atoms with Gasteiger partial charge in [0.25, 0.3) is 0 Å². The number of fused-ring (bicyclic) bond motifs is 1. The number of piperidine rings is 1. The zero-order valence-electron chi connectivity index (χ0n) is 25.4. The van der Waals surface area contributed by atoms with Crippen molar-refractivity contribution in [3.63, 3.8) is 0 Å². The number of carbonyl (C=O) groups excluding carboxylic acids is 5. The molecule has 0 radical (unpaired) electrons. The Kier molecular flexibility index (Phi) is 13.3. The zero-order valence-corrected chi connectivity index (χ0v) is 25.4. The van der Waals surface area contributed by atoms with E-state index in [2.05, 4.69) is 16.0 Å². The van der Waals surface area contributed by atoms with Crippen molar-refractivity contribution >= 4 is 29.4 Å². The third-order valence-corrected chi connectivity index (χ3v) is 8.39. The minimum atomic E-state index is -0.960. The summed E-state index contributed by atoms with van der Waals surface area (Å²) < 4.78 is 5.81. The van der Waals surface area contributed by atoms with Crippen LogP contribution in [0.2, 0.25) is 0 Å². The number of amides is 4. The minimum Gasteiger partial charge on any atom is -0.494 e. The number of Topliss-reactive ketones (excluding diaryl/α,β-unsaturated/α-hetero) is 1. The van der Waals surface area contributed by atoms with E-state index in [1.807, 2.05) is 51.1 Å². The molecule has 2 fully saturated rings. The van der Waals surface area contributed by atoms with Gasteiger partial charge in [-0.2, -0.15) is 0 Å². The number of hydrogen-bond acceptors (Lipinski definition) is 6. The van der Waals surface area contributed by atoms with Crippen LogP contribution in [0.3, 0.4) is 0 Å². The van der Waals surface area contributed by atoms with E-state index in [9.17, 15) is 24.0 Å². The van der Waals surface area contributed by atoms with Crippen LogP contribution >= 0.6 is 0 Å². The van der Waals surface area contributed by atoms with E-state index in [4.69, 9.17) is 4.74 Å². The van der Waals surface area contributed by atoms with Crippen molar-refractivity contribution in [2.45, 2.75) is 116 Å². The molecule has 0 aliphatic carbocycles. The maximum atomic E-state index is 13.9. The molecule has 10 nitrogen and oxygen atoms in total. The molecule has 232 valence electrons. The van der Waals surface area contributed by atoms with E-state index >= 15 is 0 Å². The standard InChI is InChI=1S/C32H48N4O6/c1-4-22(3)28-32(41)36-20-13-12-18-27(36)31(40)34-25(17-11-6-8-14-23(37)5-2)29(38)33-26(30(39)35-28)19-21-42-24-15-9-7-10-16-24/h7,9-10,15-16,22,25-28H,4-6,8,11-14,17-21H2,1-3H3,(H,33,38)(H,34,40)(H,35,39)/t22-,25-,26-,27+,28-/m0/s1. The molecular weight excluding hydrogens is 536 g/mol. The van der Waals surface area contributed by atoms with Gasteiger partial charge < -0.3 is 25.6 Å². The van der Waals surface area contributed by atoms with E-state index in [1.165, 1.54) is 0 Å². The van der Waals surface area contributed by atoms with Gasteiger partial charge in [0.1, 0.15) is 35.7 Å². The summed E-state index contributed by atoms with van der Waals surface area (Å²) in [5, 5.41) is 8.69. The molecule has 5 atom stereocenters. The Bertz CT molecular complexity index is 1060. The highest BCUT2D eigenvalue weighted by Gasteiger charge is 2.40. The molecule has 2 heterocycles. The first-order chi connectivity index (χ1) is 20.2. The molecule has 0 bridgehead atoms. The highest BCUT2D eigenvalue weighted by molar-refractivity contribution is 5.97. The van der Waals surface area contributed by atoms with Gasteiger partial charge in [0.2, 0.25) is 23.6 Å². The monoisotopic (exact) mass is 584 g/mol. The maximum absolute atomic E-state index is 13.9. The zero-order chi connectivity index (χ0) is 30.5. The van der Waals surface area contributed by atoms with E-state index < -0.39 is 36.0 Å². The lowest BCUT2D eigenvalue weighted by molar-refractivity contribution is -0.147. The number of para-hydroxylation sites is 1. The average Bonchev–Trinajstić information content (AvgIpc) is 3.01. The summed E-state index contributed by atoms with van der Waals surface area (Å²) in [4.78, 5) is 67.9. The number of carbonyl (C=O) groups is 5. The van der Waals surface area contributed by atoms with Crippen molar-refractivity contribution in [3.8, 4) is 5.75 Å². The second-order valence-corrected chi connectivity index (χ2v) is 11.5. The van der Waals surface area contributed by atoms with Gasteiger partial charge >= 0.3 is 0 Å². The molecule has 1 aromatic carbocycles. The number of ether oxygens (including phenoxy) is 1. The normalized spacial score (nSPS) is 24.3. The Hall–Kier alpha value is -3.43. The molecule has 0 unspecified atom stereocenters. The summed E-state index contributed by atoms with van der Waals surface area (Å²) in [5.41, 5.74) is 0. The topological polar surface area (TPSA) is 134 Å². The number of nitrogens with one attached hydrogen (secondary N) is 3. The van der Waals surface area contributed by atoms with Gasteiger partial charge in [-0.1, -0.05) is 58.2 Å². The first kappa shape index (κ1) is 33.1. The van der Waals surface area contributed by atoms with Crippen molar-refractivity contribution in [1.82, 2.24) is 20.9 Å². The van der Waals surface area contributed by atoms with Crippen LogP contribution in [0.5, 0.6) is 5.75 Å². The lowest BCUT2D eigenvalue weighted by atomic mass is 9.93. The highest BCUT2D eigenvalue weighted by atomic mass is 16.5. The van der Waals surface area contributed by atoms with E-state index in [0.29, 0.717) is 50.8 Å². The molecule has 3 N–H and O–H groups in total. The summed E-state index contributed by atoms with van der Waals surface area (Å²) in [6, 6.07) is 5.86. The molecule has 10 heteroatoms. The molecule has 2 saturated heterocycles. The Balaban J connectivity index is 1.83. The van der Waals surface area contributed by atoms with Crippen LogP contribution in [0.15, 0.2) is 30.3 Å². The number of hydrogen-bond donors (Lipinski definition) is 3. The molecule has 4 amide bonds. The van der Waals surface area contributed by atoms with Crippen LogP contribution in [0.1, 0.15) is 91.4 Å². The predicted molar refractivity (Wildman–Crippen MR) is 160 cm³/mol. The predicted octanol–water partition coefficient (Wildman–Crippen LogP) is 3.28. The summed E-state index contributed by atoms with van der Waals surface area (Å²) in [5.74, 6) is -0.814. The first-order valence-corrected chi connectivity index (χ1v) is 15.7. The Morgan fingerprint density at radius 2 is 1.60 bits per heavy atom. The molecule has 42 heavy (non-hydrogen) atoms. The average molecular weight is 585 g/mol. The van der Waals surface area contributed by atoms with E-state index in [0.717, 1.165) is 25.7 Å². The summed E-state index contributed by atoms with van der Waals surface area (Å²) in [7, 11) is 0. The molecule has 2 aliphatic rings. The van der Waals surface area contributed by atoms with E-state index in [-0.39, 0.29) is 36.5 Å². The van der Waals surface area contributed by atoms with Gasteiger partial charge in [0.05, 0.1) is 6.61 Å². The fraction of sp³-hybridized carbons (Fsp3) is 0.656. The first-order valence-electron chi connectivity index (χ1n) is 15.7. The molecule has 0 aromatic heterocycles. The van der Waals surface area contributed by atoms with Gasteiger partial charge in [-0.25, -0.2) is 0 Å². The molecule has 1 aromatic rings. The minimum absolute atomic E-state index is 0.167. The van der Waals surface area contributed by atoms with Gasteiger partial charge in [0, 0.05) is 25.8 Å². The molecule has 0 saturated carbocycles. The van der Waals surface area contributed by atoms with Gasteiger partial charge in [-0.15, -0.1) is 0 Å². The number of benzene rings is 1. The van der Waals surface area contributed by atoms with Crippen LogP contribution in [0.25, 0.3) is 0 Å². The van der Waals surface area contributed by atoms with Gasteiger partial charge in [-0.05, 0) is 50.2 Å². The van der Waals surface area contributed by atoms with Crippen molar-refractivity contribution in [1.29, 1.82) is 0 Å². The fourth-order valence-electron chi connectivity index (χ4n) is 5.50. The summed E-state index contributed by atoms with van der Waals surface area (Å²) in [6.07, 6.45) is 6.38. The van der Waals surface area contributed by atoms with Crippen molar-refractivity contribution < 1.29 is 28.7 Å². The third kappa shape index (κ3) is 9.56. The molecular formula is C32H48N4O6. The summed E-state index contributed by atoms with van der Waals surface area (Å²) >= 11 is 0. The van der Waals surface area contributed by atoms with Crippen LogP contribution in [0.4, 0.5) is 0 Å². The van der Waals surface area contributed by atoms with Crippen molar-refractivity contribution in [3.05, 3.63) is 30.3 Å². The second-order valence-electron chi connectivity index (χ2n) is 11.5. The van der Waals surface area contributed by atoms with Gasteiger partial charge in [-0.3, -0.25) is 24.0 Å². The number of unbranched alkanes of at least 4 members (excludes halogenated alkanes) is 2. The van der Waals surface area contributed by atoms with Crippen LogP contribution < -0.4 is 20.7 Å². The Morgan fingerprint density at radius 1 is 0.905 bits per heavy atom. The smallest absolute Gasteiger partial charge is 0.246 e. The number of rotatable bonds is 13. The van der Waals surface area contributed by atoms with Crippen LogP contribution in [-0.2, 0) is 24.0 Å².